The summed E-state index contributed by atoms with van der Waals surface area (Å²) < 4.78 is 0. The van der Waals surface area contributed by atoms with Crippen LogP contribution in [-0.4, -0.2) is 11.6 Å². The van der Waals surface area contributed by atoms with E-state index in [0.717, 1.165) is 19.3 Å². The van der Waals surface area contributed by atoms with Gasteiger partial charge < -0.3 is 0 Å². The molecule has 1 aromatic rings. The number of benzene rings is 1. The Morgan fingerprint density at radius 2 is 1.68 bits per heavy atom. The summed E-state index contributed by atoms with van der Waals surface area (Å²) in [6.07, 6.45) is 5.85. The van der Waals surface area contributed by atoms with E-state index >= 15 is 0 Å². The quantitative estimate of drug-likeness (QED) is 0.720. The maximum atomic E-state index is 12.5. The summed E-state index contributed by atoms with van der Waals surface area (Å²) in [7, 11) is 0. The zero-order valence-electron chi connectivity index (χ0n) is 16.5. The first-order valence-corrected chi connectivity index (χ1v) is 9.54. The Labute approximate surface area is 151 Å². The maximum absolute atomic E-state index is 12.5. The molecule has 0 radical (unpaired) electrons. The number of ketones is 2. The van der Waals surface area contributed by atoms with E-state index in [1.54, 1.807) is 0 Å². The SMILES string of the molecule is CCC(=O)C1=CCC(c2c(C)c(C)c3c(c2C)CC(C)(C)C3)CC1=O. The van der Waals surface area contributed by atoms with Crippen molar-refractivity contribution in [2.45, 2.75) is 79.6 Å². The van der Waals surface area contributed by atoms with E-state index in [1.807, 2.05) is 13.0 Å². The Kier molecular flexibility index (Phi) is 4.51. The van der Waals surface area contributed by atoms with Crippen molar-refractivity contribution in [2.75, 3.05) is 0 Å². The molecule has 1 atom stereocenters. The van der Waals surface area contributed by atoms with Gasteiger partial charge in [-0.1, -0.05) is 26.8 Å². The number of Topliss-reactive ketones (excluding diaryl/α,β-unsaturated/α-hetero) is 2. The molecule has 2 nitrogen and oxygen atoms in total. The summed E-state index contributed by atoms with van der Waals surface area (Å²) in [5.74, 6) is 0.234. The zero-order valence-corrected chi connectivity index (χ0v) is 16.5. The summed E-state index contributed by atoms with van der Waals surface area (Å²) in [6, 6.07) is 0. The van der Waals surface area contributed by atoms with Gasteiger partial charge in [-0.15, -0.1) is 0 Å². The molecular formula is C23H30O2. The van der Waals surface area contributed by atoms with Crippen LogP contribution in [0.1, 0.15) is 79.3 Å². The molecule has 134 valence electrons. The summed E-state index contributed by atoms with van der Waals surface area (Å²) in [5, 5.41) is 0. The van der Waals surface area contributed by atoms with Crippen molar-refractivity contribution in [3.63, 3.8) is 0 Å². The number of hydrogen-bond acceptors (Lipinski definition) is 2. The van der Waals surface area contributed by atoms with E-state index in [9.17, 15) is 9.59 Å². The highest BCUT2D eigenvalue weighted by molar-refractivity contribution is 6.20. The van der Waals surface area contributed by atoms with Gasteiger partial charge in [0.05, 0.1) is 5.57 Å². The Hall–Kier alpha value is -1.70. The van der Waals surface area contributed by atoms with E-state index in [1.165, 1.54) is 33.4 Å². The first-order chi connectivity index (χ1) is 11.7. The van der Waals surface area contributed by atoms with Gasteiger partial charge in [-0.3, -0.25) is 9.59 Å². The van der Waals surface area contributed by atoms with Crippen LogP contribution in [0.5, 0.6) is 0 Å². The van der Waals surface area contributed by atoms with Crippen molar-refractivity contribution in [2.24, 2.45) is 5.41 Å². The van der Waals surface area contributed by atoms with Crippen LogP contribution >= 0.6 is 0 Å². The second kappa shape index (κ2) is 6.23. The highest BCUT2D eigenvalue weighted by Crippen LogP contribution is 2.45. The second-order valence-electron chi connectivity index (χ2n) is 8.72. The minimum absolute atomic E-state index is 0.0104. The molecule has 0 aromatic heterocycles. The van der Waals surface area contributed by atoms with Gasteiger partial charge in [0.15, 0.2) is 11.6 Å². The third-order valence-corrected chi connectivity index (χ3v) is 6.32. The van der Waals surface area contributed by atoms with Gasteiger partial charge >= 0.3 is 0 Å². The second-order valence-corrected chi connectivity index (χ2v) is 8.72. The van der Waals surface area contributed by atoms with Gasteiger partial charge in [0.1, 0.15) is 0 Å². The van der Waals surface area contributed by atoms with Crippen molar-refractivity contribution in [1.82, 2.24) is 0 Å². The molecular weight excluding hydrogens is 308 g/mol. The van der Waals surface area contributed by atoms with Crippen LogP contribution in [0, 0.1) is 26.2 Å². The molecule has 0 fully saturated rings. The van der Waals surface area contributed by atoms with Crippen LogP contribution in [0.2, 0.25) is 0 Å². The van der Waals surface area contributed by atoms with Crippen molar-refractivity contribution >= 4 is 11.6 Å². The number of carbonyl (C=O) groups excluding carboxylic acids is 2. The fraction of sp³-hybridized carbons (Fsp3) is 0.565. The van der Waals surface area contributed by atoms with Crippen LogP contribution in [0.25, 0.3) is 0 Å². The zero-order chi connectivity index (χ0) is 18.5. The summed E-state index contributed by atoms with van der Waals surface area (Å²) in [5.41, 5.74) is 9.32. The molecule has 3 rings (SSSR count). The molecule has 0 heterocycles. The number of fused-ring (bicyclic) bond motifs is 1. The lowest BCUT2D eigenvalue weighted by Gasteiger charge is -2.27. The number of carbonyl (C=O) groups is 2. The van der Waals surface area contributed by atoms with Crippen molar-refractivity contribution < 1.29 is 9.59 Å². The summed E-state index contributed by atoms with van der Waals surface area (Å²) in [6.45, 7) is 13.2. The van der Waals surface area contributed by atoms with E-state index < -0.39 is 0 Å². The molecule has 25 heavy (non-hydrogen) atoms. The number of rotatable bonds is 3. The van der Waals surface area contributed by atoms with Crippen LogP contribution < -0.4 is 0 Å². The predicted octanol–water partition coefficient (Wildman–Crippen LogP) is 5.09. The molecule has 2 aliphatic rings. The van der Waals surface area contributed by atoms with E-state index in [0.29, 0.717) is 23.8 Å². The van der Waals surface area contributed by atoms with Crippen molar-refractivity contribution in [3.8, 4) is 0 Å². The Balaban J connectivity index is 2.03. The van der Waals surface area contributed by atoms with Crippen LogP contribution in [0.3, 0.4) is 0 Å². The van der Waals surface area contributed by atoms with Gasteiger partial charge in [0.2, 0.25) is 0 Å². The van der Waals surface area contributed by atoms with Gasteiger partial charge in [-0.05, 0) is 84.7 Å². The highest BCUT2D eigenvalue weighted by atomic mass is 16.1. The van der Waals surface area contributed by atoms with Crippen LogP contribution in [-0.2, 0) is 22.4 Å². The van der Waals surface area contributed by atoms with E-state index in [4.69, 9.17) is 0 Å². The van der Waals surface area contributed by atoms with Gasteiger partial charge in [-0.2, -0.15) is 0 Å². The molecule has 0 saturated heterocycles. The van der Waals surface area contributed by atoms with Gasteiger partial charge in [0, 0.05) is 12.8 Å². The Morgan fingerprint density at radius 1 is 1.08 bits per heavy atom. The van der Waals surface area contributed by atoms with Crippen molar-refractivity contribution in [1.29, 1.82) is 0 Å². The van der Waals surface area contributed by atoms with Gasteiger partial charge in [0.25, 0.3) is 0 Å². The monoisotopic (exact) mass is 338 g/mol. The lowest BCUT2D eigenvalue weighted by Crippen LogP contribution is -2.21. The smallest absolute Gasteiger partial charge is 0.166 e. The maximum Gasteiger partial charge on any atom is 0.166 e. The van der Waals surface area contributed by atoms with Gasteiger partial charge in [-0.25, -0.2) is 0 Å². The standard InChI is InChI=1S/C23H30O2/c1-7-20(24)17-9-8-16(10-21(17)25)22-14(3)13(2)18-11-23(5,6)12-19(18)15(22)4/h9,16H,7-8,10-12H2,1-6H3. The lowest BCUT2D eigenvalue weighted by molar-refractivity contribution is -0.121. The number of hydrogen-bond donors (Lipinski definition) is 0. The fourth-order valence-electron chi connectivity index (χ4n) is 4.91. The minimum Gasteiger partial charge on any atom is -0.294 e. The number of allylic oxidation sites excluding steroid dienone is 2. The summed E-state index contributed by atoms with van der Waals surface area (Å²) in [4.78, 5) is 24.5. The first-order valence-electron chi connectivity index (χ1n) is 9.54. The average molecular weight is 338 g/mol. The molecule has 0 amide bonds. The minimum atomic E-state index is -0.0104. The molecule has 2 heteroatoms. The van der Waals surface area contributed by atoms with Crippen LogP contribution in [0.15, 0.2) is 11.6 Å². The molecule has 0 saturated carbocycles. The molecule has 0 bridgehead atoms. The summed E-state index contributed by atoms with van der Waals surface area (Å²) >= 11 is 0. The van der Waals surface area contributed by atoms with Crippen LogP contribution in [0.4, 0.5) is 0 Å². The molecule has 1 aromatic carbocycles. The van der Waals surface area contributed by atoms with E-state index in [2.05, 4.69) is 34.6 Å². The Morgan fingerprint density at radius 3 is 2.24 bits per heavy atom. The third kappa shape index (κ3) is 3.01. The fourth-order valence-corrected chi connectivity index (χ4v) is 4.91. The van der Waals surface area contributed by atoms with Crippen molar-refractivity contribution in [3.05, 3.63) is 45.0 Å². The normalized spacial score (nSPS) is 21.9. The first kappa shape index (κ1) is 18.1. The molecule has 0 N–H and O–H groups in total. The molecule has 1 unspecified atom stereocenters. The largest absolute Gasteiger partial charge is 0.294 e. The third-order valence-electron chi connectivity index (χ3n) is 6.32. The molecule has 2 aliphatic carbocycles. The molecule has 0 spiro atoms. The molecule has 0 aliphatic heterocycles. The average Bonchev–Trinajstić information content (AvgIpc) is 2.88. The van der Waals surface area contributed by atoms with E-state index in [-0.39, 0.29) is 17.5 Å². The Bertz CT molecular complexity index is 793. The highest BCUT2D eigenvalue weighted by Gasteiger charge is 2.35. The topological polar surface area (TPSA) is 34.1 Å². The predicted molar refractivity (Wildman–Crippen MR) is 102 cm³/mol. The lowest BCUT2D eigenvalue weighted by atomic mass is 9.76.